The average molecular weight is 325 g/mol. The standard InChI is InChI=1S/C20H27N3O/c1-16(2)23(15-18-8-6-5-7-9-18)20(24)21-14-17-10-12-19(13-11-17)22(3)4/h5-13,16H,14-15H2,1-4H3,(H,21,24). The number of hydrogen-bond acceptors (Lipinski definition) is 2. The summed E-state index contributed by atoms with van der Waals surface area (Å²) in [6.45, 7) is 5.22. The average Bonchev–Trinajstić information content (AvgIpc) is 2.58. The van der Waals surface area contributed by atoms with Gasteiger partial charge in [0.15, 0.2) is 0 Å². The van der Waals surface area contributed by atoms with Crippen molar-refractivity contribution in [3.05, 3.63) is 65.7 Å². The highest BCUT2D eigenvalue weighted by Crippen LogP contribution is 2.13. The minimum absolute atomic E-state index is 0.0365. The van der Waals surface area contributed by atoms with Crippen molar-refractivity contribution in [1.82, 2.24) is 10.2 Å². The third-order valence-electron chi connectivity index (χ3n) is 3.98. The summed E-state index contributed by atoms with van der Waals surface area (Å²) < 4.78 is 0. The maximum absolute atomic E-state index is 12.5. The Kier molecular flexibility index (Phi) is 6.24. The van der Waals surface area contributed by atoms with E-state index in [9.17, 15) is 4.79 Å². The van der Waals surface area contributed by atoms with Crippen LogP contribution in [0.15, 0.2) is 54.6 Å². The van der Waals surface area contributed by atoms with Crippen molar-refractivity contribution < 1.29 is 4.79 Å². The Hall–Kier alpha value is -2.49. The van der Waals surface area contributed by atoms with Gasteiger partial charge in [-0.1, -0.05) is 42.5 Å². The molecule has 0 aliphatic heterocycles. The number of nitrogens with zero attached hydrogens (tertiary/aromatic N) is 2. The van der Waals surface area contributed by atoms with E-state index < -0.39 is 0 Å². The van der Waals surface area contributed by atoms with Gasteiger partial charge in [-0.05, 0) is 37.1 Å². The molecule has 2 aromatic carbocycles. The zero-order valence-electron chi connectivity index (χ0n) is 15.0. The molecule has 0 bridgehead atoms. The summed E-state index contributed by atoms with van der Waals surface area (Å²) in [6, 6.07) is 18.4. The third-order valence-corrected chi connectivity index (χ3v) is 3.98. The molecule has 0 radical (unpaired) electrons. The molecule has 0 aliphatic carbocycles. The van der Waals surface area contributed by atoms with Gasteiger partial charge in [-0.25, -0.2) is 4.79 Å². The third kappa shape index (κ3) is 5.01. The van der Waals surface area contributed by atoms with Gasteiger partial charge < -0.3 is 15.1 Å². The highest BCUT2D eigenvalue weighted by Gasteiger charge is 2.16. The fourth-order valence-electron chi connectivity index (χ4n) is 2.46. The van der Waals surface area contributed by atoms with Gasteiger partial charge in [0.05, 0.1) is 0 Å². The Balaban J connectivity index is 1.95. The van der Waals surface area contributed by atoms with Crippen LogP contribution < -0.4 is 10.2 Å². The number of hydrogen-bond donors (Lipinski definition) is 1. The van der Waals surface area contributed by atoms with Gasteiger partial charge in [0.25, 0.3) is 0 Å². The first-order chi connectivity index (χ1) is 11.5. The molecule has 128 valence electrons. The lowest BCUT2D eigenvalue weighted by atomic mass is 10.2. The molecule has 0 aromatic heterocycles. The monoisotopic (exact) mass is 325 g/mol. The normalized spacial score (nSPS) is 10.5. The van der Waals surface area contributed by atoms with E-state index in [0.29, 0.717) is 13.1 Å². The fraction of sp³-hybridized carbons (Fsp3) is 0.350. The number of urea groups is 1. The van der Waals surface area contributed by atoms with Crippen LogP contribution in [0, 0.1) is 0 Å². The molecule has 4 nitrogen and oxygen atoms in total. The number of carbonyl (C=O) groups is 1. The SMILES string of the molecule is CC(C)N(Cc1ccccc1)C(=O)NCc1ccc(N(C)C)cc1. The summed E-state index contributed by atoms with van der Waals surface area (Å²) >= 11 is 0. The lowest BCUT2D eigenvalue weighted by Gasteiger charge is -2.27. The van der Waals surface area contributed by atoms with Crippen LogP contribution in [0.25, 0.3) is 0 Å². The van der Waals surface area contributed by atoms with Crippen molar-refractivity contribution in [3.63, 3.8) is 0 Å². The molecule has 2 amide bonds. The Morgan fingerprint density at radius 3 is 2.12 bits per heavy atom. The largest absolute Gasteiger partial charge is 0.378 e. The van der Waals surface area contributed by atoms with Crippen LogP contribution >= 0.6 is 0 Å². The van der Waals surface area contributed by atoms with Crippen LogP contribution in [0.1, 0.15) is 25.0 Å². The summed E-state index contributed by atoms with van der Waals surface area (Å²) in [7, 11) is 4.03. The summed E-state index contributed by atoms with van der Waals surface area (Å²) in [5, 5.41) is 3.02. The van der Waals surface area contributed by atoms with E-state index in [4.69, 9.17) is 0 Å². The van der Waals surface area contributed by atoms with E-state index in [2.05, 4.69) is 22.3 Å². The van der Waals surface area contributed by atoms with Crippen molar-refractivity contribution in [2.45, 2.75) is 33.0 Å². The van der Waals surface area contributed by atoms with Gasteiger partial charge in [0, 0.05) is 38.9 Å². The van der Waals surface area contributed by atoms with Crippen molar-refractivity contribution in [2.24, 2.45) is 0 Å². The number of rotatable bonds is 6. The molecule has 0 spiro atoms. The zero-order valence-corrected chi connectivity index (χ0v) is 15.0. The van der Waals surface area contributed by atoms with Crippen LogP contribution in [0.2, 0.25) is 0 Å². The first-order valence-corrected chi connectivity index (χ1v) is 8.32. The van der Waals surface area contributed by atoms with Gasteiger partial charge in [0.1, 0.15) is 0 Å². The smallest absolute Gasteiger partial charge is 0.318 e. The Bertz CT molecular complexity index is 636. The maximum Gasteiger partial charge on any atom is 0.318 e. The van der Waals surface area contributed by atoms with Crippen LogP contribution in [-0.2, 0) is 13.1 Å². The predicted molar refractivity (Wildman–Crippen MR) is 100 cm³/mol. The summed E-state index contributed by atoms with van der Waals surface area (Å²) in [4.78, 5) is 16.5. The molecule has 0 heterocycles. The summed E-state index contributed by atoms with van der Waals surface area (Å²) in [5.74, 6) is 0. The number of anilines is 1. The molecule has 0 saturated heterocycles. The van der Waals surface area contributed by atoms with Crippen LogP contribution in [-0.4, -0.2) is 31.1 Å². The van der Waals surface area contributed by atoms with Crippen LogP contribution in [0.3, 0.4) is 0 Å². The quantitative estimate of drug-likeness (QED) is 0.875. The topological polar surface area (TPSA) is 35.6 Å². The van der Waals surface area contributed by atoms with Gasteiger partial charge in [-0.15, -0.1) is 0 Å². The molecule has 1 N–H and O–H groups in total. The Morgan fingerprint density at radius 2 is 1.58 bits per heavy atom. The minimum atomic E-state index is -0.0365. The molecule has 0 aliphatic rings. The van der Waals surface area contributed by atoms with E-state index in [1.807, 2.05) is 75.3 Å². The highest BCUT2D eigenvalue weighted by molar-refractivity contribution is 5.74. The molecule has 24 heavy (non-hydrogen) atoms. The van der Waals surface area contributed by atoms with E-state index in [1.165, 1.54) is 0 Å². The maximum atomic E-state index is 12.5. The summed E-state index contributed by atoms with van der Waals surface area (Å²) in [5.41, 5.74) is 3.38. The zero-order chi connectivity index (χ0) is 17.5. The van der Waals surface area contributed by atoms with E-state index in [0.717, 1.165) is 16.8 Å². The van der Waals surface area contributed by atoms with Gasteiger partial charge in [0.2, 0.25) is 0 Å². The fourth-order valence-corrected chi connectivity index (χ4v) is 2.46. The molecule has 0 fully saturated rings. The molecule has 0 atom stereocenters. The second-order valence-corrected chi connectivity index (χ2v) is 6.43. The van der Waals surface area contributed by atoms with Crippen LogP contribution in [0.5, 0.6) is 0 Å². The van der Waals surface area contributed by atoms with Crippen LogP contribution in [0.4, 0.5) is 10.5 Å². The molecular formula is C20H27N3O. The van der Waals surface area contributed by atoms with Crippen molar-refractivity contribution in [1.29, 1.82) is 0 Å². The number of benzene rings is 2. The molecular weight excluding hydrogens is 298 g/mol. The van der Waals surface area contributed by atoms with Crippen molar-refractivity contribution in [3.8, 4) is 0 Å². The predicted octanol–water partition coefficient (Wildman–Crippen LogP) is 3.87. The molecule has 0 saturated carbocycles. The van der Waals surface area contributed by atoms with Crippen molar-refractivity contribution >= 4 is 11.7 Å². The first-order valence-electron chi connectivity index (χ1n) is 8.32. The molecule has 4 heteroatoms. The number of carbonyl (C=O) groups excluding carboxylic acids is 1. The summed E-state index contributed by atoms with van der Waals surface area (Å²) in [6.07, 6.45) is 0. The lowest BCUT2D eigenvalue weighted by molar-refractivity contribution is 0.179. The van der Waals surface area contributed by atoms with Gasteiger partial charge in [-0.3, -0.25) is 0 Å². The number of amides is 2. The van der Waals surface area contributed by atoms with Gasteiger partial charge in [-0.2, -0.15) is 0 Å². The molecule has 2 aromatic rings. The Morgan fingerprint density at radius 1 is 0.958 bits per heavy atom. The van der Waals surface area contributed by atoms with E-state index in [1.54, 1.807) is 0 Å². The highest BCUT2D eigenvalue weighted by atomic mass is 16.2. The molecule has 2 rings (SSSR count). The molecule has 0 unspecified atom stereocenters. The van der Waals surface area contributed by atoms with Crippen molar-refractivity contribution in [2.75, 3.05) is 19.0 Å². The number of nitrogens with one attached hydrogen (secondary N) is 1. The minimum Gasteiger partial charge on any atom is -0.378 e. The van der Waals surface area contributed by atoms with E-state index >= 15 is 0 Å². The Labute approximate surface area is 145 Å². The lowest BCUT2D eigenvalue weighted by Crippen LogP contribution is -2.43. The van der Waals surface area contributed by atoms with E-state index in [-0.39, 0.29) is 12.1 Å². The van der Waals surface area contributed by atoms with Gasteiger partial charge >= 0.3 is 6.03 Å². The second-order valence-electron chi connectivity index (χ2n) is 6.43. The second kappa shape index (κ2) is 8.39. The first kappa shape index (κ1) is 17.9.